The average Bonchev–Trinajstić information content (AvgIpc) is 3.43. The zero-order chi connectivity index (χ0) is 21.2. The Labute approximate surface area is 185 Å². The van der Waals surface area contributed by atoms with Gasteiger partial charge in [0.2, 0.25) is 5.91 Å². The Hall–Kier alpha value is -2.18. The fourth-order valence-corrected chi connectivity index (χ4v) is 5.78. The van der Waals surface area contributed by atoms with Crippen molar-refractivity contribution in [1.82, 2.24) is 20.3 Å². The van der Waals surface area contributed by atoms with Crippen LogP contribution >= 0.6 is 0 Å². The van der Waals surface area contributed by atoms with Crippen LogP contribution in [0.5, 0.6) is 0 Å². The number of aromatic nitrogens is 1. The number of nitrogens with one attached hydrogen (secondary N) is 1. The van der Waals surface area contributed by atoms with E-state index in [0.29, 0.717) is 18.6 Å². The largest absolute Gasteiger partial charge is 0.359 e. The van der Waals surface area contributed by atoms with Gasteiger partial charge in [-0.05, 0) is 76.2 Å². The van der Waals surface area contributed by atoms with E-state index in [-0.39, 0.29) is 11.8 Å². The number of carbonyl (C=O) groups is 1. The van der Waals surface area contributed by atoms with Gasteiger partial charge in [0, 0.05) is 24.7 Å². The lowest BCUT2D eigenvalue weighted by molar-refractivity contribution is -0.127. The molecule has 6 heteroatoms. The normalized spacial score (nSPS) is 23.7. The highest BCUT2D eigenvalue weighted by atomic mass is 16.5. The Morgan fingerprint density at radius 3 is 2.48 bits per heavy atom. The summed E-state index contributed by atoms with van der Waals surface area (Å²) in [6.07, 6.45) is 6.95. The molecule has 2 saturated heterocycles. The second kappa shape index (κ2) is 9.13. The summed E-state index contributed by atoms with van der Waals surface area (Å²) in [5.74, 6) is 0.958. The van der Waals surface area contributed by atoms with Crippen LogP contribution in [0.4, 0.5) is 0 Å². The summed E-state index contributed by atoms with van der Waals surface area (Å²) < 4.78 is 5.21. The first kappa shape index (κ1) is 20.7. The van der Waals surface area contributed by atoms with Crippen LogP contribution in [0.3, 0.4) is 0 Å². The first-order valence-electron chi connectivity index (χ1n) is 11.9. The third-order valence-electron chi connectivity index (χ3n) is 7.50. The van der Waals surface area contributed by atoms with Crippen LogP contribution < -0.4 is 5.32 Å². The summed E-state index contributed by atoms with van der Waals surface area (Å²) in [7, 11) is 0. The van der Waals surface area contributed by atoms with E-state index in [1.165, 1.54) is 38.8 Å². The SMILES string of the molecule is Cc1cc(CNC(=O)C2CCCN(C3CCN(C4Cc5ccccc5C4)CC3)C2)on1. The fourth-order valence-electron chi connectivity index (χ4n) is 5.78. The van der Waals surface area contributed by atoms with Gasteiger partial charge in [-0.25, -0.2) is 0 Å². The summed E-state index contributed by atoms with van der Waals surface area (Å²) in [6, 6.07) is 12.1. The van der Waals surface area contributed by atoms with E-state index >= 15 is 0 Å². The maximum Gasteiger partial charge on any atom is 0.224 e. The van der Waals surface area contributed by atoms with Gasteiger partial charge >= 0.3 is 0 Å². The van der Waals surface area contributed by atoms with Gasteiger partial charge in [-0.3, -0.25) is 14.6 Å². The van der Waals surface area contributed by atoms with Gasteiger partial charge < -0.3 is 9.84 Å². The number of likely N-dealkylation sites (tertiary alicyclic amines) is 2. The van der Waals surface area contributed by atoms with Crippen molar-refractivity contribution in [2.75, 3.05) is 26.2 Å². The highest BCUT2D eigenvalue weighted by molar-refractivity contribution is 5.78. The van der Waals surface area contributed by atoms with Crippen molar-refractivity contribution in [3.63, 3.8) is 0 Å². The second-order valence-corrected chi connectivity index (χ2v) is 9.58. The molecule has 3 heterocycles. The molecular weight excluding hydrogens is 388 g/mol. The molecule has 2 aromatic rings. The number of hydrogen-bond acceptors (Lipinski definition) is 5. The van der Waals surface area contributed by atoms with Crippen molar-refractivity contribution < 1.29 is 9.32 Å². The maximum atomic E-state index is 12.7. The molecule has 1 N–H and O–H groups in total. The third-order valence-corrected chi connectivity index (χ3v) is 7.50. The van der Waals surface area contributed by atoms with E-state index < -0.39 is 0 Å². The molecular formula is C25H34N4O2. The Morgan fingerprint density at radius 1 is 1.06 bits per heavy atom. The number of aryl methyl sites for hydroxylation is 1. The molecule has 1 amide bonds. The topological polar surface area (TPSA) is 61.6 Å². The van der Waals surface area contributed by atoms with Gasteiger partial charge in [0.15, 0.2) is 5.76 Å². The van der Waals surface area contributed by atoms with Crippen LogP contribution in [0.2, 0.25) is 0 Å². The average molecular weight is 423 g/mol. The molecule has 1 unspecified atom stereocenters. The summed E-state index contributed by atoms with van der Waals surface area (Å²) in [6.45, 7) is 6.71. The van der Waals surface area contributed by atoms with Gasteiger partial charge in [0.1, 0.15) is 0 Å². The Kier molecular flexibility index (Phi) is 6.10. The Balaban J connectivity index is 1.09. The second-order valence-electron chi connectivity index (χ2n) is 9.58. The van der Waals surface area contributed by atoms with E-state index in [1.807, 2.05) is 13.0 Å². The number of amides is 1. The van der Waals surface area contributed by atoms with Crippen LogP contribution in [0.1, 0.15) is 48.3 Å². The third kappa shape index (κ3) is 4.70. The van der Waals surface area contributed by atoms with Crippen LogP contribution in [0.25, 0.3) is 0 Å². The molecule has 166 valence electrons. The summed E-state index contributed by atoms with van der Waals surface area (Å²) in [5.41, 5.74) is 3.93. The van der Waals surface area contributed by atoms with E-state index in [9.17, 15) is 4.79 Å². The quantitative estimate of drug-likeness (QED) is 0.803. The lowest BCUT2D eigenvalue weighted by Crippen LogP contribution is -2.52. The monoisotopic (exact) mass is 422 g/mol. The fraction of sp³-hybridized carbons (Fsp3) is 0.600. The molecule has 5 rings (SSSR count). The van der Waals surface area contributed by atoms with Crippen molar-refractivity contribution in [1.29, 1.82) is 0 Å². The predicted molar refractivity (Wildman–Crippen MR) is 120 cm³/mol. The minimum Gasteiger partial charge on any atom is -0.359 e. The molecule has 0 radical (unpaired) electrons. The Bertz CT molecular complexity index is 877. The van der Waals surface area contributed by atoms with Gasteiger partial charge in [-0.2, -0.15) is 0 Å². The minimum atomic E-state index is 0.0835. The standard InChI is InChI=1S/C25H34N4O2/c1-18-13-24(31-27-18)16-26-25(30)21-7-4-10-29(17-21)22-8-11-28(12-9-22)23-14-19-5-2-3-6-20(19)15-23/h2-3,5-6,13,21-23H,4,7-12,14-17H2,1H3,(H,26,30). The number of fused-ring (bicyclic) bond motifs is 1. The molecule has 1 aromatic carbocycles. The van der Waals surface area contributed by atoms with Crippen molar-refractivity contribution >= 4 is 5.91 Å². The molecule has 0 spiro atoms. The number of carbonyl (C=O) groups excluding carboxylic acids is 1. The molecule has 0 saturated carbocycles. The maximum absolute atomic E-state index is 12.7. The van der Waals surface area contributed by atoms with Gasteiger partial charge in [-0.1, -0.05) is 29.4 Å². The Morgan fingerprint density at radius 2 is 1.81 bits per heavy atom. The van der Waals surface area contributed by atoms with E-state index in [0.717, 1.165) is 37.4 Å². The number of piperidine rings is 2. The zero-order valence-electron chi connectivity index (χ0n) is 18.6. The number of benzene rings is 1. The first-order valence-corrected chi connectivity index (χ1v) is 11.9. The number of hydrogen-bond donors (Lipinski definition) is 1. The van der Waals surface area contributed by atoms with Gasteiger partial charge in [0.25, 0.3) is 0 Å². The van der Waals surface area contributed by atoms with Crippen molar-refractivity contribution in [2.45, 2.75) is 64.1 Å². The minimum absolute atomic E-state index is 0.0835. The van der Waals surface area contributed by atoms with E-state index in [1.54, 1.807) is 11.1 Å². The van der Waals surface area contributed by atoms with Crippen molar-refractivity contribution in [2.24, 2.45) is 5.92 Å². The molecule has 31 heavy (non-hydrogen) atoms. The zero-order valence-corrected chi connectivity index (χ0v) is 18.6. The molecule has 1 aromatic heterocycles. The van der Waals surface area contributed by atoms with Crippen molar-refractivity contribution in [3.05, 3.63) is 52.9 Å². The number of rotatable bonds is 5. The highest BCUT2D eigenvalue weighted by Gasteiger charge is 2.34. The first-order chi connectivity index (χ1) is 15.2. The highest BCUT2D eigenvalue weighted by Crippen LogP contribution is 2.29. The van der Waals surface area contributed by atoms with Gasteiger partial charge in [0.05, 0.1) is 18.2 Å². The molecule has 1 atom stereocenters. The molecule has 2 fully saturated rings. The molecule has 3 aliphatic rings. The molecule has 0 bridgehead atoms. The van der Waals surface area contributed by atoms with Crippen LogP contribution in [-0.4, -0.2) is 59.1 Å². The van der Waals surface area contributed by atoms with Gasteiger partial charge in [-0.15, -0.1) is 0 Å². The summed E-state index contributed by atoms with van der Waals surface area (Å²) in [5, 5.41) is 6.94. The summed E-state index contributed by atoms with van der Waals surface area (Å²) in [4.78, 5) is 18.0. The van der Waals surface area contributed by atoms with Crippen LogP contribution in [-0.2, 0) is 24.2 Å². The molecule has 1 aliphatic carbocycles. The summed E-state index contributed by atoms with van der Waals surface area (Å²) >= 11 is 0. The van der Waals surface area contributed by atoms with Crippen molar-refractivity contribution in [3.8, 4) is 0 Å². The predicted octanol–water partition coefficient (Wildman–Crippen LogP) is 2.94. The van der Waals surface area contributed by atoms with E-state index in [2.05, 4.69) is 44.5 Å². The lowest BCUT2D eigenvalue weighted by atomic mass is 9.92. The van der Waals surface area contributed by atoms with Crippen LogP contribution in [0.15, 0.2) is 34.9 Å². The smallest absolute Gasteiger partial charge is 0.224 e. The number of nitrogens with zero attached hydrogens (tertiary/aromatic N) is 3. The lowest BCUT2D eigenvalue weighted by Gasteiger charge is -2.43. The molecule has 2 aliphatic heterocycles. The molecule has 6 nitrogen and oxygen atoms in total. The van der Waals surface area contributed by atoms with E-state index in [4.69, 9.17) is 4.52 Å². The van der Waals surface area contributed by atoms with Crippen LogP contribution in [0, 0.1) is 12.8 Å².